The van der Waals surface area contributed by atoms with Crippen molar-refractivity contribution in [1.82, 2.24) is 19.2 Å². The molecular formula is C23H24N6O3. The number of nitrogens with zero attached hydrogens (tertiary/aromatic N) is 5. The molecule has 0 saturated carbocycles. The Kier molecular flexibility index (Phi) is 5.10. The summed E-state index contributed by atoms with van der Waals surface area (Å²) in [4.78, 5) is 32.9. The lowest BCUT2D eigenvalue weighted by atomic mass is 10.1. The van der Waals surface area contributed by atoms with Crippen LogP contribution in [-0.2, 0) is 16.1 Å². The second-order valence-corrected chi connectivity index (χ2v) is 8.05. The number of benzene rings is 2. The van der Waals surface area contributed by atoms with Crippen LogP contribution in [0.1, 0.15) is 11.1 Å². The number of carbonyl (C=O) groups is 1. The first-order chi connectivity index (χ1) is 15.5. The summed E-state index contributed by atoms with van der Waals surface area (Å²) in [5.41, 5.74) is 4.23. The summed E-state index contributed by atoms with van der Waals surface area (Å²) >= 11 is 0. The minimum absolute atomic E-state index is 0.190. The first kappa shape index (κ1) is 20.2. The van der Waals surface area contributed by atoms with E-state index in [0.29, 0.717) is 54.5 Å². The van der Waals surface area contributed by atoms with Crippen molar-refractivity contribution in [3.63, 3.8) is 0 Å². The van der Waals surface area contributed by atoms with Gasteiger partial charge in [-0.25, -0.2) is 18.9 Å². The lowest BCUT2D eigenvalue weighted by Gasteiger charge is -2.27. The highest BCUT2D eigenvalue weighted by Crippen LogP contribution is 2.23. The van der Waals surface area contributed by atoms with Gasteiger partial charge in [0.1, 0.15) is 6.54 Å². The molecule has 0 bridgehead atoms. The van der Waals surface area contributed by atoms with Crippen molar-refractivity contribution in [2.75, 3.05) is 36.5 Å². The Morgan fingerprint density at radius 1 is 1.09 bits per heavy atom. The van der Waals surface area contributed by atoms with Crippen molar-refractivity contribution in [3.8, 4) is 0 Å². The summed E-state index contributed by atoms with van der Waals surface area (Å²) in [6.45, 7) is 6.25. The molecule has 0 unspecified atom stereocenters. The third-order valence-corrected chi connectivity index (χ3v) is 5.50. The average molecular weight is 432 g/mol. The van der Waals surface area contributed by atoms with Crippen LogP contribution in [0, 0.1) is 13.8 Å². The predicted octanol–water partition coefficient (Wildman–Crippen LogP) is 2.14. The zero-order chi connectivity index (χ0) is 22.2. The van der Waals surface area contributed by atoms with Gasteiger partial charge in [0, 0.05) is 18.8 Å². The van der Waals surface area contributed by atoms with Crippen LogP contribution < -0.4 is 15.9 Å². The summed E-state index contributed by atoms with van der Waals surface area (Å²) in [6, 6.07) is 13.3. The van der Waals surface area contributed by atoms with Crippen LogP contribution in [0.3, 0.4) is 0 Å². The van der Waals surface area contributed by atoms with Gasteiger partial charge in [0.2, 0.25) is 11.6 Å². The number of rotatable bonds is 4. The highest BCUT2D eigenvalue weighted by atomic mass is 16.5. The van der Waals surface area contributed by atoms with Crippen molar-refractivity contribution in [1.29, 1.82) is 0 Å². The standard InChI is InChI=1S/C23H24N6O3/c1-15-11-16(2)13-17(12-15)24-20(30)14-28-23(31)29-19-6-4-3-5-18(19)25-21(22(29)26-28)27-7-9-32-10-8-27/h3-6,11-13H,7-10,14H2,1-2H3,(H,24,30). The summed E-state index contributed by atoms with van der Waals surface area (Å²) in [7, 11) is 0. The molecular weight excluding hydrogens is 408 g/mol. The highest BCUT2D eigenvalue weighted by Gasteiger charge is 2.22. The molecule has 3 heterocycles. The van der Waals surface area contributed by atoms with Crippen LogP contribution in [0.15, 0.2) is 47.3 Å². The molecule has 2 aromatic heterocycles. The lowest BCUT2D eigenvalue weighted by molar-refractivity contribution is -0.117. The number of para-hydroxylation sites is 2. The smallest absolute Gasteiger partial charge is 0.351 e. The summed E-state index contributed by atoms with van der Waals surface area (Å²) in [5.74, 6) is 0.309. The molecule has 1 saturated heterocycles. The zero-order valence-electron chi connectivity index (χ0n) is 18.0. The Bertz CT molecular complexity index is 1360. The van der Waals surface area contributed by atoms with E-state index < -0.39 is 0 Å². The molecule has 1 N–H and O–H groups in total. The van der Waals surface area contributed by atoms with E-state index in [4.69, 9.17) is 9.72 Å². The van der Waals surface area contributed by atoms with E-state index in [1.807, 2.05) is 56.3 Å². The van der Waals surface area contributed by atoms with Gasteiger partial charge in [-0.1, -0.05) is 18.2 Å². The van der Waals surface area contributed by atoms with Gasteiger partial charge in [-0.2, -0.15) is 0 Å². The largest absolute Gasteiger partial charge is 0.378 e. The van der Waals surface area contributed by atoms with Gasteiger partial charge in [0.25, 0.3) is 0 Å². The fourth-order valence-electron chi connectivity index (χ4n) is 4.16. The Hall–Kier alpha value is -3.72. The molecule has 0 aliphatic carbocycles. The number of aromatic nitrogens is 4. The highest BCUT2D eigenvalue weighted by molar-refractivity contribution is 5.91. The van der Waals surface area contributed by atoms with Gasteiger partial charge in [0.05, 0.1) is 24.2 Å². The summed E-state index contributed by atoms with van der Waals surface area (Å²) in [6.07, 6.45) is 0. The van der Waals surface area contributed by atoms with Gasteiger partial charge in [-0.15, -0.1) is 5.10 Å². The fourth-order valence-corrected chi connectivity index (χ4v) is 4.16. The molecule has 0 atom stereocenters. The van der Waals surface area contributed by atoms with E-state index in [-0.39, 0.29) is 18.1 Å². The number of hydrogen-bond acceptors (Lipinski definition) is 6. The van der Waals surface area contributed by atoms with Crippen molar-refractivity contribution in [2.24, 2.45) is 0 Å². The van der Waals surface area contributed by atoms with Crippen molar-refractivity contribution >= 4 is 34.1 Å². The van der Waals surface area contributed by atoms with Crippen LogP contribution in [0.2, 0.25) is 0 Å². The molecule has 1 amide bonds. The van der Waals surface area contributed by atoms with Crippen molar-refractivity contribution in [3.05, 3.63) is 64.1 Å². The second kappa shape index (κ2) is 8.08. The van der Waals surface area contributed by atoms with Gasteiger partial charge in [-0.05, 0) is 49.2 Å². The molecule has 9 heteroatoms. The zero-order valence-corrected chi connectivity index (χ0v) is 18.0. The van der Waals surface area contributed by atoms with Crippen molar-refractivity contribution < 1.29 is 9.53 Å². The number of nitrogens with one attached hydrogen (secondary N) is 1. The Labute approximate surface area is 184 Å². The Morgan fingerprint density at radius 3 is 2.56 bits per heavy atom. The molecule has 5 rings (SSSR count). The third kappa shape index (κ3) is 3.71. The molecule has 9 nitrogen and oxygen atoms in total. The number of hydrogen-bond donors (Lipinski definition) is 1. The molecule has 0 spiro atoms. The maximum absolute atomic E-state index is 13.3. The number of anilines is 2. The third-order valence-electron chi connectivity index (χ3n) is 5.50. The van der Waals surface area contributed by atoms with Crippen LogP contribution in [0.25, 0.3) is 16.7 Å². The molecule has 32 heavy (non-hydrogen) atoms. The number of aryl methyl sites for hydroxylation is 2. The molecule has 164 valence electrons. The van der Waals surface area contributed by atoms with Crippen LogP contribution >= 0.6 is 0 Å². The van der Waals surface area contributed by atoms with Crippen molar-refractivity contribution in [2.45, 2.75) is 20.4 Å². The topological polar surface area (TPSA) is 93.8 Å². The number of carbonyl (C=O) groups excluding carboxylic acids is 1. The van der Waals surface area contributed by atoms with E-state index in [0.717, 1.165) is 11.1 Å². The van der Waals surface area contributed by atoms with E-state index in [1.165, 1.54) is 9.08 Å². The Balaban J connectivity index is 1.55. The monoisotopic (exact) mass is 432 g/mol. The fraction of sp³-hybridized carbons (Fsp3) is 0.304. The second-order valence-electron chi connectivity index (χ2n) is 8.05. The van der Waals surface area contributed by atoms with E-state index in [1.54, 1.807) is 0 Å². The quantitative estimate of drug-likeness (QED) is 0.531. The molecule has 2 aromatic carbocycles. The number of fused-ring (bicyclic) bond motifs is 3. The molecule has 1 fully saturated rings. The van der Waals surface area contributed by atoms with E-state index in [9.17, 15) is 9.59 Å². The number of ether oxygens (including phenoxy) is 1. The normalized spacial score (nSPS) is 14.2. The SMILES string of the molecule is Cc1cc(C)cc(NC(=O)Cn2nc3c(N4CCOCC4)nc4ccccc4n3c2=O)c1. The molecule has 4 aromatic rings. The summed E-state index contributed by atoms with van der Waals surface area (Å²) in [5, 5.41) is 7.38. The maximum Gasteiger partial charge on any atom is 0.351 e. The average Bonchev–Trinajstić information content (AvgIpc) is 3.09. The van der Waals surface area contributed by atoms with Gasteiger partial charge >= 0.3 is 5.69 Å². The molecule has 1 aliphatic heterocycles. The van der Waals surface area contributed by atoms with Gasteiger partial charge < -0.3 is 15.0 Å². The first-order valence-corrected chi connectivity index (χ1v) is 10.6. The van der Waals surface area contributed by atoms with Gasteiger partial charge in [-0.3, -0.25) is 4.79 Å². The van der Waals surface area contributed by atoms with Crippen LogP contribution in [0.4, 0.5) is 11.5 Å². The number of amides is 1. The van der Waals surface area contributed by atoms with Gasteiger partial charge in [0.15, 0.2) is 5.82 Å². The Morgan fingerprint density at radius 2 is 1.81 bits per heavy atom. The van der Waals surface area contributed by atoms with E-state index >= 15 is 0 Å². The maximum atomic E-state index is 13.3. The molecule has 1 aliphatic rings. The predicted molar refractivity (Wildman–Crippen MR) is 122 cm³/mol. The van der Waals surface area contributed by atoms with Crippen LogP contribution in [-0.4, -0.2) is 51.4 Å². The van der Waals surface area contributed by atoms with E-state index in [2.05, 4.69) is 15.3 Å². The summed E-state index contributed by atoms with van der Waals surface area (Å²) < 4.78 is 8.20. The first-order valence-electron chi connectivity index (χ1n) is 10.6. The number of morpholine rings is 1. The molecule has 0 radical (unpaired) electrons. The minimum Gasteiger partial charge on any atom is -0.378 e. The lowest BCUT2D eigenvalue weighted by Crippen LogP contribution is -2.37. The minimum atomic E-state index is -0.372. The van der Waals surface area contributed by atoms with Crippen LogP contribution in [0.5, 0.6) is 0 Å².